The zero-order chi connectivity index (χ0) is 24.0. The topological polar surface area (TPSA) is 95.9 Å². The van der Waals surface area contributed by atoms with Gasteiger partial charge in [-0.3, -0.25) is 4.79 Å². The molecule has 10 heteroatoms. The highest BCUT2D eigenvalue weighted by Gasteiger charge is 2.32. The predicted molar refractivity (Wildman–Crippen MR) is 128 cm³/mol. The van der Waals surface area contributed by atoms with Gasteiger partial charge in [0.1, 0.15) is 11.6 Å². The maximum atomic E-state index is 13.2. The number of hydrogen-bond acceptors (Lipinski definition) is 7. The Bertz CT molecular complexity index is 1390. The SMILES string of the molecule is CCN1c2ncc(CCOc3ccc4c(c3)CN(C)S4(=O)=O)cc2C(=O)N(C)c2cccnc21. The number of aromatic nitrogens is 2. The molecule has 0 radical (unpaired) electrons. The molecule has 0 saturated heterocycles. The van der Waals surface area contributed by atoms with Crippen LogP contribution < -0.4 is 14.5 Å². The molecule has 3 aromatic rings. The Labute approximate surface area is 198 Å². The summed E-state index contributed by atoms with van der Waals surface area (Å²) in [7, 11) is -0.0808. The van der Waals surface area contributed by atoms with E-state index in [4.69, 9.17) is 4.74 Å². The molecule has 176 valence electrons. The van der Waals surface area contributed by atoms with E-state index in [0.717, 1.165) is 16.8 Å². The molecule has 2 aliphatic rings. The maximum absolute atomic E-state index is 13.2. The van der Waals surface area contributed by atoms with Gasteiger partial charge in [-0.25, -0.2) is 18.4 Å². The van der Waals surface area contributed by atoms with Crippen LogP contribution in [0.25, 0.3) is 0 Å². The van der Waals surface area contributed by atoms with Gasteiger partial charge in [0.05, 0.1) is 22.8 Å². The molecule has 0 aliphatic carbocycles. The van der Waals surface area contributed by atoms with Gasteiger partial charge < -0.3 is 14.5 Å². The lowest BCUT2D eigenvalue weighted by molar-refractivity contribution is 0.0994. The zero-order valence-corrected chi connectivity index (χ0v) is 20.0. The average molecular weight is 480 g/mol. The summed E-state index contributed by atoms with van der Waals surface area (Å²) in [5, 5.41) is 0. The fraction of sp³-hybridized carbons (Fsp3) is 0.292. The molecule has 0 saturated carbocycles. The van der Waals surface area contributed by atoms with Crippen LogP contribution in [-0.4, -0.2) is 55.8 Å². The molecule has 0 atom stereocenters. The van der Waals surface area contributed by atoms with Crippen molar-refractivity contribution in [1.82, 2.24) is 14.3 Å². The van der Waals surface area contributed by atoms with Crippen molar-refractivity contribution in [2.24, 2.45) is 0 Å². The van der Waals surface area contributed by atoms with Crippen LogP contribution in [0.3, 0.4) is 0 Å². The third kappa shape index (κ3) is 3.59. The molecule has 34 heavy (non-hydrogen) atoms. The first kappa shape index (κ1) is 22.3. The molecular formula is C24H25N5O4S. The summed E-state index contributed by atoms with van der Waals surface area (Å²) < 4.78 is 31.7. The number of benzene rings is 1. The van der Waals surface area contributed by atoms with Crippen molar-refractivity contribution in [3.63, 3.8) is 0 Å². The highest BCUT2D eigenvalue weighted by molar-refractivity contribution is 7.89. The van der Waals surface area contributed by atoms with Crippen LogP contribution in [0.1, 0.15) is 28.4 Å². The molecule has 1 aromatic carbocycles. The number of nitrogens with zero attached hydrogens (tertiary/aromatic N) is 5. The molecule has 0 fully saturated rings. The summed E-state index contributed by atoms with van der Waals surface area (Å²) in [6, 6.07) is 10.6. The molecule has 5 rings (SSSR count). The lowest BCUT2D eigenvalue weighted by Gasteiger charge is -2.22. The minimum Gasteiger partial charge on any atom is -0.493 e. The van der Waals surface area contributed by atoms with Gasteiger partial charge in [-0.05, 0) is 54.4 Å². The van der Waals surface area contributed by atoms with Crippen molar-refractivity contribution in [1.29, 1.82) is 0 Å². The smallest absolute Gasteiger partial charge is 0.261 e. The fourth-order valence-electron chi connectivity index (χ4n) is 4.36. The van der Waals surface area contributed by atoms with Crippen LogP contribution in [0.2, 0.25) is 0 Å². The summed E-state index contributed by atoms with van der Waals surface area (Å²) in [5.74, 6) is 1.76. The van der Waals surface area contributed by atoms with E-state index in [1.807, 2.05) is 30.0 Å². The number of sulfonamides is 1. The Morgan fingerprint density at radius 2 is 1.91 bits per heavy atom. The lowest BCUT2D eigenvalue weighted by Crippen LogP contribution is -2.25. The molecule has 9 nitrogen and oxygen atoms in total. The van der Waals surface area contributed by atoms with E-state index in [9.17, 15) is 13.2 Å². The van der Waals surface area contributed by atoms with Crippen LogP contribution in [-0.2, 0) is 23.0 Å². The van der Waals surface area contributed by atoms with E-state index in [1.54, 1.807) is 49.6 Å². The average Bonchev–Trinajstić information content (AvgIpc) is 3.01. The number of pyridine rings is 2. The summed E-state index contributed by atoms with van der Waals surface area (Å²) in [6.07, 6.45) is 4.02. The van der Waals surface area contributed by atoms with Gasteiger partial charge in [0, 0.05) is 46.0 Å². The molecule has 2 aliphatic heterocycles. The molecule has 2 aromatic heterocycles. The van der Waals surface area contributed by atoms with Gasteiger partial charge in [0.2, 0.25) is 10.0 Å². The zero-order valence-electron chi connectivity index (χ0n) is 19.2. The molecule has 4 heterocycles. The maximum Gasteiger partial charge on any atom is 0.261 e. The highest BCUT2D eigenvalue weighted by Crippen LogP contribution is 2.37. The second-order valence-corrected chi connectivity index (χ2v) is 10.3. The van der Waals surface area contributed by atoms with Crippen molar-refractivity contribution < 1.29 is 17.9 Å². The molecule has 0 N–H and O–H groups in total. The van der Waals surface area contributed by atoms with Crippen LogP contribution in [0.5, 0.6) is 5.75 Å². The number of hydrogen-bond donors (Lipinski definition) is 0. The molecule has 1 amide bonds. The van der Waals surface area contributed by atoms with E-state index < -0.39 is 10.0 Å². The monoisotopic (exact) mass is 479 g/mol. The number of anilines is 3. The number of carbonyl (C=O) groups excluding carboxylic acids is 1. The number of rotatable bonds is 5. The fourth-order valence-corrected chi connectivity index (χ4v) is 5.70. The third-order valence-corrected chi connectivity index (χ3v) is 8.09. The predicted octanol–water partition coefficient (Wildman–Crippen LogP) is 2.98. The van der Waals surface area contributed by atoms with Crippen molar-refractivity contribution in [3.05, 3.63) is 65.5 Å². The Morgan fingerprint density at radius 1 is 1.09 bits per heavy atom. The van der Waals surface area contributed by atoms with Crippen molar-refractivity contribution in [2.75, 3.05) is 37.0 Å². The van der Waals surface area contributed by atoms with Gasteiger partial charge in [-0.2, -0.15) is 4.31 Å². The van der Waals surface area contributed by atoms with Crippen LogP contribution >= 0.6 is 0 Å². The van der Waals surface area contributed by atoms with E-state index in [0.29, 0.717) is 54.0 Å². The summed E-state index contributed by atoms with van der Waals surface area (Å²) in [6.45, 7) is 3.33. The third-order valence-electron chi connectivity index (χ3n) is 6.19. The van der Waals surface area contributed by atoms with Gasteiger partial charge in [-0.1, -0.05) is 0 Å². The Balaban J connectivity index is 1.35. The number of amides is 1. The Hall–Kier alpha value is -3.50. The van der Waals surface area contributed by atoms with Crippen molar-refractivity contribution >= 4 is 33.3 Å². The minimum absolute atomic E-state index is 0.139. The number of carbonyl (C=O) groups is 1. The van der Waals surface area contributed by atoms with Crippen molar-refractivity contribution in [2.45, 2.75) is 24.8 Å². The van der Waals surface area contributed by atoms with E-state index in [-0.39, 0.29) is 5.91 Å². The second kappa shape index (κ2) is 8.37. The first-order chi connectivity index (χ1) is 16.3. The van der Waals surface area contributed by atoms with Gasteiger partial charge in [-0.15, -0.1) is 0 Å². The lowest BCUT2D eigenvalue weighted by atomic mass is 10.1. The van der Waals surface area contributed by atoms with Crippen LogP contribution in [0, 0.1) is 0 Å². The molecule has 0 bridgehead atoms. The van der Waals surface area contributed by atoms with E-state index in [2.05, 4.69) is 9.97 Å². The van der Waals surface area contributed by atoms with E-state index in [1.165, 1.54) is 4.31 Å². The Kier molecular flexibility index (Phi) is 5.49. The standard InChI is InChI=1S/C24H25N5O4S/c1-4-29-22-19(24(30)28(3)20-6-5-10-25-23(20)29)12-16(14-26-22)9-11-33-18-7-8-21-17(13-18)15-27(2)34(21,31)32/h5-8,10,12-14H,4,9,11,15H2,1-3H3. The highest BCUT2D eigenvalue weighted by atomic mass is 32.2. The molecule has 0 unspecified atom stereocenters. The Morgan fingerprint density at radius 3 is 2.71 bits per heavy atom. The van der Waals surface area contributed by atoms with E-state index >= 15 is 0 Å². The van der Waals surface area contributed by atoms with Crippen molar-refractivity contribution in [3.8, 4) is 5.75 Å². The van der Waals surface area contributed by atoms with Gasteiger partial charge >= 0.3 is 0 Å². The summed E-state index contributed by atoms with van der Waals surface area (Å²) in [5.41, 5.74) is 2.86. The molecular weight excluding hydrogens is 454 g/mol. The first-order valence-electron chi connectivity index (χ1n) is 11.0. The minimum atomic E-state index is -3.39. The first-order valence-corrected chi connectivity index (χ1v) is 12.5. The van der Waals surface area contributed by atoms with Gasteiger partial charge in [0.15, 0.2) is 5.82 Å². The summed E-state index contributed by atoms with van der Waals surface area (Å²) >= 11 is 0. The number of fused-ring (bicyclic) bond motifs is 3. The van der Waals surface area contributed by atoms with Crippen LogP contribution in [0.4, 0.5) is 17.3 Å². The largest absolute Gasteiger partial charge is 0.493 e. The van der Waals surface area contributed by atoms with Crippen LogP contribution in [0.15, 0.2) is 53.7 Å². The number of ether oxygens (including phenoxy) is 1. The molecule has 0 spiro atoms. The van der Waals surface area contributed by atoms with Gasteiger partial charge in [0.25, 0.3) is 5.91 Å². The normalized spacial score (nSPS) is 16.6. The second-order valence-electron chi connectivity index (χ2n) is 8.30. The quantitative estimate of drug-likeness (QED) is 0.555. The summed E-state index contributed by atoms with van der Waals surface area (Å²) in [4.78, 5) is 26.2.